The van der Waals surface area contributed by atoms with Gasteiger partial charge in [-0.15, -0.1) is 0 Å². The smallest absolute Gasteiger partial charge is 0.319 e. The van der Waals surface area contributed by atoms with Crippen LogP contribution in [0.3, 0.4) is 0 Å². The van der Waals surface area contributed by atoms with Crippen LogP contribution < -0.4 is 10.6 Å². The summed E-state index contributed by atoms with van der Waals surface area (Å²) in [7, 11) is 0. The lowest BCUT2D eigenvalue weighted by atomic mass is 9.77. The molecule has 0 saturated carbocycles. The van der Waals surface area contributed by atoms with E-state index in [1.165, 1.54) is 5.56 Å². The highest BCUT2D eigenvalue weighted by Crippen LogP contribution is 2.34. The Bertz CT molecular complexity index is 761. The Morgan fingerprint density at radius 1 is 1.19 bits per heavy atom. The molecule has 1 aromatic carbocycles. The maximum Gasteiger partial charge on any atom is 0.319 e. The molecule has 136 valence electrons. The van der Waals surface area contributed by atoms with Crippen LogP contribution in [0.15, 0.2) is 53.3 Å². The molecule has 1 aromatic heterocycles. The van der Waals surface area contributed by atoms with Crippen molar-refractivity contribution in [2.24, 2.45) is 5.92 Å². The number of pyridine rings is 1. The molecule has 5 nitrogen and oxygen atoms in total. The minimum atomic E-state index is -0.133. The van der Waals surface area contributed by atoms with Gasteiger partial charge in [-0.3, -0.25) is 9.88 Å². The molecule has 2 unspecified atom stereocenters. The second kappa shape index (κ2) is 7.76. The van der Waals surface area contributed by atoms with Crippen LogP contribution in [0.5, 0.6) is 0 Å². The number of halogens is 1. The van der Waals surface area contributed by atoms with Crippen LogP contribution in [-0.2, 0) is 6.42 Å². The maximum atomic E-state index is 12.6. The van der Waals surface area contributed by atoms with E-state index in [4.69, 9.17) is 0 Å². The molecular formula is C20H23BrN4O. The molecule has 3 aliphatic heterocycles. The Morgan fingerprint density at radius 2 is 2.00 bits per heavy atom. The molecule has 3 fully saturated rings. The van der Waals surface area contributed by atoms with Crippen LogP contribution in [0.1, 0.15) is 18.4 Å². The Hall–Kier alpha value is -1.92. The largest absolute Gasteiger partial charge is 0.333 e. The summed E-state index contributed by atoms with van der Waals surface area (Å²) in [6.45, 7) is 2.25. The Labute approximate surface area is 162 Å². The number of piperidine rings is 3. The van der Waals surface area contributed by atoms with E-state index in [-0.39, 0.29) is 12.1 Å². The molecular weight excluding hydrogens is 392 g/mol. The normalized spacial score (nSPS) is 27.1. The molecule has 0 radical (unpaired) electrons. The predicted octanol–water partition coefficient (Wildman–Crippen LogP) is 3.67. The molecule has 6 heteroatoms. The van der Waals surface area contributed by atoms with Gasteiger partial charge in [0.05, 0.1) is 5.69 Å². The highest BCUT2D eigenvalue weighted by Gasteiger charge is 2.42. The lowest BCUT2D eigenvalue weighted by molar-refractivity contribution is 0.0184. The fourth-order valence-electron chi connectivity index (χ4n) is 4.25. The van der Waals surface area contributed by atoms with Crippen LogP contribution in [0.25, 0.3) is 0 Å². The number of para-hydroxylation sites is 1. The van der Waals surface area contributed by atoms with Gasteiger partial charge < -0.3 is 10.6 Å². The third-order valence-corrected chi connectivity index (χ3v) is 6.24. The fraction of sp³-hybridized carbons (Fsp3) is 0.400. The molecule has 3 saturated heterocycles. The second-order valence-electron chi connectivity index (χ2n) is 7.11. The summed E-state index contributed by atoms with van der Waals surface area (Å²) < 4.78 is 0.885. The monoisotopic (exact) mass is 414 g/mol. The number of hydrogen-bond acceptors (Lipinski definition) is 3. The van der Waals surface area contributed by atoms with Crippen molar-refractivity contribution < 1.29 is 4.79 Å². The number of nitrogens with zero attached hydrogens (tertiary/aromatic N) is 2. The minimum Gasteiger partial charge on any atom is -0.333 e. The number of rotatable bonds is 4. The summed E-state index contributed by atoms with van der Waals surface area (Å²) in [6.07, 6.45) is 6.97. The fourth-order valence-corrected chi connectivity index (χ4v) is 4.64. The number of carbonyl (C=O) groups is 1. The van der Waals surface area contributed by atoms with Crippen molar-refractivity contribution in [2.75, 3.05) is 18.4 Å². The number of anilines is 1. The summed E-state index contributed by atoms with van der Waals surface area (Å²) in [6, 6.07) is 12.1. The van der Waals surface area contributed by atoms with Gasteiger partial charge in [0.2, 0.25) is 0 Å². The summed E-state index contributed by atoms with van der Waals surface area (Å²) in [4.78, 5) is 19.4. The predicted molar refractivity (Wildman–Crippen MR) is 106 cm³/mol. The lowest BCUT2D eigenvalue weighted by Gasteiger charge is -2.51. The summed E-state index contributed by atoms with van der Waals surface area (Å²) in [5.74, 6) is 0.548. The van der Waals surface area contributed by atoms with E-state index in [2.05, 4.69) is 42.5 Å². The zero-order valence-electron chi connectivity index (χ0n) is 14.6. The Morgan fingerprint density at radius 3 is 2.73 bits per heavy atom. The average Bonchev–Trinajstić information content (AvgIpc) is 2.67. The molecule has 5 rings (SSSR count). The number of benzene rings is 1. The molecule has 26 heavy (non-hydrogen) atoms. The van der Waals surface area contributed by atoms with Gasteiger partial charge >= 0.3 is 6.03 Å². The van der Waals surface area contributed by atoms with E-state index in [1.807, 2.05) is 36.5 Å². The van der Waals surface area contributed by atoms with Crippen molar-refractivity contribution in [1.29, 1.82) is 0 Å². The van der Waals surface area contributed by atoms with E-state index in [9.17, 15) is 4.79 Å². The molecule has 3 aliphatic rings. The van der Waals surface area contributed by atoms with Crippen molar-refractivity contribution in [3.05, 3.63) is 58.8 Å². The Balaban J connectivity index is 1.47. The van der Waals surface area contributed by atoms with E-state index >= 15 is 0 Å². The van der Waals surface area contributed by atoms with Crippen LogP contribution in [0, 0.1) is 5.92 Å². The lowest BCUT2D eigenvalue weighted by Crippen LogP contribution is -2.64. The number of aromatic nitrogens is 1. The van der Waals surface area contributed by atoms with E-state index in [0.29, 0.717) is 12.0 Å². The van der Waals surface area contributed by atoms with Crippen molar-refractivity contribution >= 4 is 27.6 Å². The van der Waals surface area contributed by atoms with Crippen molar-refractivity contribution in [3.63, 3.8) is 0 Å². The number of urea groups is 1. The van der Waals surface area contributed by atoms with Crippen molar-refractivity contribution in [3.8, 4) is 0 Å². The highest BCUT2D eigenvalue weighted by atomic mass is 79.9. The number of fused-ring (bicyclic) bond motifs is 3. The van der Waals surface area contributed by atoms with Gasteiger partial charge in [-0.05, 0) is 78.0 Å². The SMILES string of the molecule is O=C(Nc1ccccc1Br)NC1C2CCN(CC2)C1Cc1cccnc1. The van der Waals surface area contributed by atoms with E-state index in [0.717, 1.165) is 42.5 Å². The molecule has 4 heterocycles. The number of nitrogens with one attached hydrogen (secondary N) is 2. The average molecular weight is 415 g/mol. The third-order valence-electron chi connectivity index (χ3n) is 5.55. The molecule has 2 atom stereocenters. The first-order valence-corrected chi connectivity index (χ1v) is 9.95. The first-order chi connectivity index (χ1) is 12.7. The van der Waals surface area contributed by atoms with Crippen LogP contribution in [0.2, 0.25) is 0 Å². The topological polar surface area (TPSA) is 57.3 Å². The number of carbonyl (C=O) groups excluding carboxylic acids is 1. The molecule has 2 N–H and O–H groups in total. The zero-order chi connectivity index (χ0) is 17.9. The number of amides is 2. The van der Waals surface area contributed by atoms with Crippen LogP contribution in [0.4, 0.5) is 10.5 Å². The van der Waals surface area contributed by atoms with Gasteiger partial charge in [-0.2, -0.15) is 0 Å². The number of hydrogen-bond donors (Lipinski definition) is 2. The van der Waals surface area contributed by atoms with Crippen LogP contribution >= 0.6 is 15.9 Å². The minimum absolute atomic E-state index is 0.133. The zero-order valence-corrected chi connectivity index (χ0v) is 16.2. The second-order valence-corrected chi connectivity index (χ2v) is 7.96. The quantitative estimate of drug-likeness (QED) is 0.801. The summed E-state index contributed by atoms with van der Waals surface area (Å²) in [5, 5.41) is 6.24. The standard InChI is InChI=1S/C20H23BrN4O/c21-16-5-1-2-6-17(16)23-20(26)24-19-15-7-10-25(11-8-15)18(19)12-14-4-3-9-22-13-14/h1-6,9,13,15,18-19H,7-8,10-12H2,(H2,23,24,26). The summed E-state index contributed by atoms with van der Waals surface area (Å²) in [5.41, 5.74) is 2.01. The highest BCUT2D eigenvalue weighted by molar-refractivity contribution is 9.10. The van der Waals surface area contributed by atoms with Gasteiger partial charge in [0, 0.05) is 29.0 Å². The maximum absolute atomic E-state index is 12.6. The first-order valence-electron chi connectivity index (χ1n) is 9.16. The molecule has 2 bridgehead atoms. The third kappa shape index (κ3) is 3.76. The Kier molecular flexibility index (Phi) is 5.22. The van der Waals surface area contributed by atoms with Gasteiger partial charge in [-0.25, -0.2) is 4.79 Å². The van der Waals surface area contributed by atoms with Gasteiger partial charge in [0.25, 0.3) is 0 Å². The first kappa shape index (κ1) is 17.5. The molecule has 2 amide bonds. The van der Waals surface area contributed by atoms with Crippen molar-refractivity contribution in [1.82, 2.24) is 15.2 Å². The van der Waals surface area contributed by atoms with Gasteiger partial charge in [-0.1, -0.05) is 18.2 Å². The molecule has 2 aromatic rings. The van der Waals surface area contributed by atoms with Crippen LogP contribution in [-0.4, -0.2) is 41.1 Å². The van der Waals surface area contributed by atoms with Gasteiger partial charge in [0.15, 0.2) is 0 Å². The van der Waals surface area contributed by atoms with E-state index < -0.39 is 0 Å². The molecule has 0 aliphatic carbocycles. The summed E-state index contributed by atoms with van der Waals surface area (Å²) >= 11 is 3.48. The molecule has 0 spiro atoms. The van der Waals surface area contributed by atoms with Crippen molar-refractivity contribution in [2.45, 2.75) is 31.3 Å². The van der Waals surface area contributed by atoms with Gasteiger partial charge in [0.1, 0.15) is 0 Å². The van der Waals surface area contributed by atoms with E-state index in [1.54, 1.807) is 6.20 Å².